The first-order chi connectivity index (χ1) is 7.58. The van der Waals surface area contributed by atoms with E-state index in [-0.39, 0.29) is 6.10 Å². The van der Waals surface area contributed by atoms with Gasteiger partial charge in [-0.25, -0.2) is 0 Å². The molecule has 0 spiro atoms. The van der Waals surface area contributed by atoms with Crippen molar-refractivity contribution in [1.82, 2.24) is 0 Å². The van der Waals surface area contributed by atoms with E-state index in [1.807, 2.05) is 0 Å². The van der Waals surface area contributed by atoms with Gasteiger partial charge in [0, 0.05) is 0 Å². The molecule has 0 amide bonds. The van der Waals surface area contributed by atoms with Crippen molar-refractivity contribution in [2.45, 2.75) is 84.7 Å². The quantitative estimate of drug-likeness (QED) is 0.660. The van der Waals surface area contributed by atoms with E-state index in [9.17, 15) is 5.11 Å². The second kappa shape index (κ2) is 6.64. The number of aliphatic hydroxyl groups excluding tert-OH is 1. The monoisotopic (exact) mass is 226 g/mol. The first kappa shape index (κ1) is 14.0. The molecule has 1 rings (SSSR count). The Balaban J connectivity index is 2.31. The number of aliphatic hydroxyl groups is 1. The third-order valence-electron chi connectivity index (χ3n) is 4.41. The van der Waals surface area contributed by atoms with Crippen LogP contribution >= 0.6 is 0 Å². The van der Waals surface area contributed by atoms with Gasteiger partial charge in [-0.2, -0.15) is 0 Å². The van der Waals surface area contributed by atoms with Crippen LogP contribution in [0.5, 0.6) is 0 Å². The molecule has 1 aliphatic rings. The van der Waals surface area contributed by atoms with Gasteiger partial charge in [0.05, 0.1) is 6.10 Å². The maximum absolute atomic E-state index is 10.3. The summed E-state index contributed by atoms with van der Waals surface area (Å²) in [6.07, 6.45) is 11.3. The highest BCUT2D eigenvalue weighted by Crippen LogP contribution is 2.43. The molecule has 0 bridgehead atoms. The first-order valence-corrected chi connectivity index (χ1v) is 7.26. The van der Waals surface area contributed by atoms with Crippen LogP contribution in [0.1, 0.15) is 78.6 Å². The standard InChI is InChI=1S/C15H30O/c1-4-5-6-7-11-14(16)13-10-8-9-12-15(13,2)3/h13-14,16H,4-12H2,1-3H3. The van der Waals surface area contributed by atoms with Crippen molar-refractivity contribution in [2.75, 3.05) is 0 Å². The molecule has 2 atom stereocenters. The van der Waals surface area contributed by atoms with E-state index in [4.69, 9.17) is 0 Å². The number of hydrogen-bond donors (Lipinski definition) is 1. The molecule has 0 saturated heterocycles. The molecule has 0 aromatic heterocycles. The third-order valence-corrected chi connectivity index (χ3v) is 4.41. The fraction of sp³-hybridized carbons (Fsp3) is 1.00. The largest absolute Gasteiger partial charge is 0.393 e. The molecule has 1 heteroatoms. The van der Waals surface area contributed by atoms with Crippen LogP contribution in [0.15, 0.2) is 0 Å². The molecule has 0 aliphatic heterocycles. The van der Waals surface area contributed by atoms with Crippen LogP contribution in [0.3, 0.4) is 0 Å². The lowest BCUT2D eigenvalue weighted by atomic mass is 9.66. The van der Waals surface area contributed by atoms with E-state index in [0.717, 1.165) is 6.42 Å². The van der Waals surface area contributed by atoms with Crippen LogP contribution in [0, 0.1) is 11.3 Å². The van der Waals surface area contributed by atoms with Crippen LogP contribution in [0.2, 0.25) is 0 Å². The van der Waals surface area contributed by atoms with Crippen molar-refractivity contribution in [3.63, 3.8) is 0 Å². The summed E-state index contributed by atoms with van der Waals surface area (Å²) in [7, 11) is 0. The summed E-state index contributed by atoms with van der Waals surface area (Å²) in [6, 6.07) is 0. The average Bonchev–Trinajstić information content (AvgIpc) is 2.23. The Morgan fingerprint density at radius 3 is 2.56 bits per heavy atom. The maximum atomic E-state index is 10.3. The molecule has 0 radical (unpaired) electrons. The zero-order valence-electron chi connectivity index (χ0n) is 11.5. The Hall–Kier alpha value is -0.0400. The Bertz CT molecular complexity index is 186. The molecule has 0 heterocycles. The van der Waals surface area contributed by atoms with Crippen molar-refractivity contribution in [3.8, 4) is 0 Å². The van der Waals surface area contributed by atoms with E-state index in [1.54, 1.807) is 0 Å². The summed E-state index contributed by atoms with van der Waals surface area (Å²) in [5.41, 5.74) is 0.364. The van der Waals surface area contributed by atoms with Gasteiger partial charge in [-0.15, -0.1) is 0 Å². The number of unbranched alkanes of at least 4 members (excludes halogenated alkanes) is 3. The zero-order chi connectivity index (χ0) is 12.0. The Morgan fingerprint density at radius 1 is 1.19 bits per heavy atom. The molecule has 1 N–H and O–H groups in total. The van der Waals surface area contributed by atoms with Gasteiger partial charge < -0.3 is 5.11 Å². The van der Waals surface area contributed by atoms with Gasteiger partial charge in [-0.1, -0.05) is 59.3 Å². The van der Waals surface area contributed by atoms with Crippen molar-refractivity contribution >= 4 is 0 Å². The smallest absolute Gasteiger partial charge is 0.0573 e. The second-order valence-electron chi connectivity index (χ2n) is 6.26. The first-order valence-electron chi connectivity index (χ1n) is 7.26. The van der Waals surface area contributed by atoms with Crippen LogP contribution in [-0.2, 0) is 0 Å². The molecule has 16 heavy (non-hydrogen) atoms. The lowest BCUT2D eigenvalue weighted by Crippen LogP contribution is -2.36. The van der Waals surface area contributed by atoms with Gasteiger partial charge >= 0.3 is 0 Å². The molecule has 2 unspecified atom stereocenters. The minimum absolute atomic E-state index is 0.0489. The maximum Gasteiger partial charge on any atom is 0.0573 e. The summed E-state index contributed by atoms with van der Waals surface area (Å²) in [5, 5.41) is 10.3. The molecule has 0 aromatic rings. The molecule has 96 valence electrons. The van der Waals surface area contributed by atoms with E-state index in [2.05, 4.69) is 20.8 Å². The highest BCUT2D eigenvalue weighted by Gasteiger charge is 2.36. The minimum atomic E-state index is -0.0489. The second-order valence-corrected chi connectivity index (χ2v) is 6.26. The highest BCUT2D eigenvalue weighted by molar-refractivity contribution is 4.86. The predicted octanol–water partition coefficient (Wildman–Crippen LogP) is 4.53. The number of rotatable bonds is 6. The highest BCUT2D eigenvalue weighted by atomic mass is 16.3. The van der Waals surface area contributed by atoms with E-state index in [0.29, 0.717) is 11.3 Å². The van der Waals surface area contributed by atoms with Gasteiger partial charge in [0.2, 0.25) is 0 Å². The van der Waals surface area contributed by atoms with Gasteiger partial charge in [-0.3, -0.25) is 0 Å². The van der Waals surface area contributed by atoms with Crippen LogP contribution < -0.4 is 0 Å². The summed E-state index contributed by atoms with van der Waals surface area (Å²) in [5.74, 6) is 0.544. The predicted molar refractivity (Wildman–Crippen MR) is 70.5 cm³/mol. The van der Waals surface area contributed by atoms with Gasteiger partial charge in [-0.05, 0) is 30.6 Å². The van der Waals surface area contributed by atoms with Crippen LogP contribution in [0.4, 0.5) is 0 Å². The van der Waals surface area contributed by atoms with Gasteiger partial charge in [0.25, 0.3) is 0 Å². The van der Waals surface area contributed by atoms with Gasteiger partial charge in [0.1, 0.15) is 0 Å². The Kier molecular flexibility index (Phi) is 5.82. The molecule has 1 fully saturated rings. The summed E-state index contributed by atoms with van der Waals surface area (Å²) in [6.45, 7) is 6.92. The van der Waals surface area contributed by atoms with E-state index >= 15 is 0 Å². The summed E-state index contributed by atoms with van der Waals surface area (Å²) >= 11 is 0. The normalized spacial score (nSPS) is 26.6. The van der Waals surface area contributed by atoms with Gasteiger partial charge in [0.15, 0.2) is 0 Å². The fourth-order valence-electron chi connectivity index (χ4n) is 3.22. The lowest BCUT2D eigenvalue weighted by molar-refractivity contribution is -0.000488. The molecular weight excluding hydrogens is 196 g/mol. The Labute approximate surface area is 102 Å². The summed E-state index contributed by atoms with van der Waals surface area (Å²) < 4.78 is 0. The van der Waals surface area contributed by atoms with Crippen molar-refractivity contribution in [1.29, 1.82) is 0 Å². The van der Waals surface area contributed by atoms with Crippen molar-refractivity contribution in [3.05, 3.63) is 0 Å². The van der Waals surface area contributed by atoms with E-state index < -0.39 is 0 Å². The third kappa shape index (κ3) is 4.08. The topological polar surface area (TPSA) is 20.2 Å². The zero-order valence-corrected chi connectivity index (χ0v) is 11.5. The average molecular weight is 226 g/mol. The SMILES string of the molecule is CCCCCCC(O)C1CCCCC1(C)C. The van der Waals surface area contributed by atoms with Crippen LogP contribution in [0.25, 0.3) is 0 Å². The molecule has 1 aliphatic carbocycles. The van der Waals surface area contributed by atoms with Crippen molar-refractivity contribution < 1.29 is 5.11 Å². The molecule has 1 nitrogen and oxygen atoms in total. The summed E-state index contributed by atoms with van der Waals surface area (Å²) in [4.78, 5) is 0. The Morgan fingerprint density at radius 2 is 1.94 bits per heavy atom. The fourth-order valence-corrected chi connectivity index (χ4v) is 3.22. The minimum Gasteiger partial charge on any atom is -0.393 e. The molecule has 0 aromatic carbocycles. The van der Waals surface area contributed by atoms with Crippen LogP contribution in [-0.4, -0.2) is 11.2 Å². The van der Waals surface area contributed by atoms with Crippen molar-refractivity contribution in [2.24, 2.45) is 11.3 Å². The molecular formula is C15H30O. The molecule has 1 saturated carbocycles. The lowest BCUT2D eigenvalue weighted by Gasteiger charge is -2.41. The van der Waals surface area contributed by atoms with E-state index in [1.165, 1.54) is 51.4 Å². The number of hydrogen-bond acceptors (Lipinski definition) is 1.